The predicted octanol–water partition coefficient (Wildman–Crippen LogP) is -2.79. The number of hydrogen-bond donors (Lipinski definition) is 4. The molecule has 0 aromatic heterocycles. The summed E-state index contributed by atoms with van der Waals surface area (Å²) in [7, 11) is 0. The molecule has 0 rings (SSSR count). The van der Waals surface area contributed by atoms with Gasteiger partial charge in [0.15, 0.2) is 0 Å². The first-order chi connectivity index (χ1) is 7.41. The molecule has 0 aliphatic rings. The number of carboxylic acids is 3. The van der Waals surface area contributed by atoms with Gasteiger partial charge in [-0.3, -0.25) is 19.3 Å². The van der Waals surface area contributed by atoms with Gasteiger partial charge in [0.2, 0.25) is 0 Å². The van der Waals surface area contributed by atoms with Crippen LogP contribution in [0.1, 0.15) is 0 Å². The minimum atomic E-state index is -1.13. The van der Waals surface area contributed by atoms with Gasteiger partial charge in [-0.05, 0) is 0 Å². The maximum Gasteiger partial charge on any atom is 2.00 e. The molecule has 0 atom stereocenters. The largest absolute Gasteiger partial charge is 2.00 e. The molecule has 0 heterocycles. The van der Waals surface area contributed by atoms with Crippen molar-refractivity contribution < 1.29 is 52.5 Å². The van der Waals surface area contributed by atoms with Gasteiger partial charge in [0.05, 0.1) is 19.6 Å². The van der Waals surface area contributed by atoms with E-state index in [-0.39, 0.29) is 55.6 Å². The van der Waals surface area contributed by atoms with Crippen LogP contribution >= 0.6 is 0 Å². The molecule has 0 aromatic rings. The number of rotatable bonds is 9. The summed E-state index contributed by atoms with van der Waals surface area (Å²) >= 11 is 0. The van der Waals surface area contributed by atoms with Crippen molar-refractivity contribution in [2.75, 3.05) is 32.7 Å². The van der Waals surface area contributed by atoms with E-state index in [0.717, 1.165) is 0 Å². The Kier molecular flexibility index (Phi) is 15.0. The Hall–Kier alpha value is -1.18. The molecule has 7 N–H and O–H groups in total. The minimum Gasteiger partial charge on any atom is -0.480 e. The van der Waals surface area contributed by atoms with Crippen LogP contribution in [0.4, 0.5) is 0 Å². The number of nitrogens with zero attached hydrogens (tertiary/aromatic N) is 1. The van der Waals surface area contributed by atoms with Gasteiger partial charge >= 0.3 is 35.3 Å². The molecule has 0 spiro atoms. The second-order valence-corrected chi connectivity index (χ2v) is 3.07. The maximum absolute atomic E-state index is 10.4. The average molecular weight is 305 g/mol. The molecule has 0 saturated heterocycles. The van der Waals surface area contributed by atoms with Gasteiger partial charge in [-0.2, -0.15) is 0 Å². The number of aliphatic carboxylic acids is 3. The van der Waals surface area contributed by atoms with Gasteiger partial charge in [0.1, 0.15) is 0 Å². The molecular weight excluding hydrogens is 288 g/mol. The Labute approximate surface area is 114 Å². The smallest absolute Gasteiger partial charge is 0.480 e. The van der Waals surface area contributed by atoms with E-state index in [1.54, 1.807) is 0 Å². The molecule has 104 valence electrons. The van der Waals surface area contributed by atoms with Crippen LogP contribution in [0.25, 0.3) is 0 Å². The third kappa shape index (κ3) is 14.8. The fourth-order valence-corrected chi connectivity index (χ4v) is 1.03. The average Bonchev–Trinajstić information content (AvgIpc) is 2.09. The van der Waals surface area contributed by atoms with Crippen molar-refractivity contribution in [2.45, 2.75) is 0 Å². The Morgan fingerprint density at radius 2 is 1.39 bits per heavy atom. The van der Waals surface area contributed by atoms with E-state index < -0.39 is 17.9 Å². The maximum atomic E-state index is 10.4. The van der Waals surface area contributed by atoms with Gasteiger partial charge in [-0.1, -0.05) is 0 Å². The molecule has 0 bridgehead atoms. The molecule has 9 nitrogen and oxygen atoms in total. The van der Waals surface area contributed by atoms with Crippen LogP contribution in [-0.4, -0.2) is 70.9 Å². The van der Waals surface area contributed by atoms with Crippen molar-refractivity contribution >= 4 is 17.9 Å². The predicted molar refractivity (Wildman–Crippen MR) is 57.1 cm³/mol. The van der Waals surface area contributed by atoms with E-state index in [0.29, 0.717) is 0 Å². The van der Waals surface area contributed by atoms with Crippen LogP contribution in [0.3, 0.4) is 0 Å². The van der Waals surface area contributed by atoms with Gasteiger partial charge in [-0.25, -0.2) is 0 Å². The fraction of sp³-hybridized carbons (Fsp3) is 0.625. The van der Waals surface area contributed by atoms with Crippen LogP contribution in [0.15, 0.2) is 0 Å². The Balaban J connectivity index is -0.00000112. The van der Waals surface area contributed by atoms with Crippen LogP contribution < -0.4 is 5.32 Å². The molecule has 0 aliphatic heterocycles. The zero-order valence-corrected chi connectivity index (χ0v) is 10.8. The molecular formula is C8H17CrN2O7+3. The number of hydrogen-bond acceptors (Lipinski definition) is 5. The third-order valence-electron chi connectivity index (χ3n) is 1.60. The van der Waals surface area contributed by atoms with Crippen molar-refractivity contribution in [2.24, 2.45) is 0 Å². The second-order valence-electron chi connectivity index (χ2n) is 3.07. The molecule has 0 saturated carbocycles. The van der Waals surface area contributed by atoms with E-state index >= 15 is 0 Å². The van der Waals surface area contributed by atoms with Gasteiger partial charge in [0, 0.05) is 13.1 Å². The van der Waals surface area contributed by atoms with Crippen molar-refractivity contribution in [3.8, 4) is 0 Å². The first kappa shape index (κ1) is 22.0. The monoisotopic (exact) mass is 305 g/mol. The number of carboxylic acid groups (broad SMARTS) is 3. The summed E-state index contributed by atoms with van der Waals surface area (Å²) < 4.78 is 0. The molecule has 0 amide bonds. The summed E-state index contributed by atoms with van der Waals surface area (Å²) in [6.45, 7) is -0.644. The van der Waals surface area contributed by atoms with Crippen molar-refractivity contribution in [3.05, 3.63) is 0 Å². The Morgan fingerprint density at radius 3 is 1.72 bits per heavy atom. The topological polar surface area (TPSA) is 160 Å². The number of nitrogens with one attached hydrogen (secondary N) is 1. The zero-order chi connectivity index (χ0) is 12.6. The van der Waals surface area contributed by atoms with Crippen molar-refractivity contribution in [3.63, 3.8) is 0 Å². The van der Waals surface area contributed by atoms with E-state index in [2.05, 4.69) is 5.32 Å². The molecule has 0 unspecified atom stereocenters. The van der Waals surface area contributed by atoms with E-state index in [4.69, 9.17) is 15.3 Å². The summed E-state index contributed by atoms with van der Waals surface area (Å²) in [4.78, 5) is 32.1. The third-order valence-corrected chi connectivity index (χ3v) is 1.60. The fourth-order valence-electron chi connectivity index (χ4n) is 1.03. The molecule has 0 aromatic carbocycles. The Morgan fingerprint density at radius 1 is 0.944 bits per heavy atom. The first-order valence-corrected chi connectivity index (χ1v) is 4.50. The van der Waals surface area contributed by atoms with Crippen LogP contribution in [0.2, 0.25) is 0 Å². The van der Waals surface area contributed by atoms with Crippen molar-refractivity contribution in [1.29, 1.82) is 0 Å². The van der Waals surface area contributed by atoms with Crippen molar-refractivity contribution in [1.82, 2.24) is 10.2 Å². The summed E-state index contributed by atoms with van der Waals surface area (Å²) in [6, 6.07) is 0. The Bertz CT molecular complexity index is 258. The first-order valence-electron chi connectivity index (χ1n) is 4.50. The van der Waals surface area contributed by atoms with E-state index in [1.165, 1.54) is 4.90 Å². The second kappa shape index (κ2) is 12.3. The van der Waals surface area contributed by atoms with E-state index in [1.807, 2.05) is 0 Å². The summed E-state index contributed by atoms with van der Waals surface area (Å²) in [5, 5.41) is 27.8. The summed E-state index contributed by atoms with van der Waals surface area (Å²) in [5.74, 6) is -3.28. The van der Waals surface area contributed by atoms with Gasteiger partial charge in [-0.15, -0.1) is 0 Å². The van der Waals surface area contributed by atoms with Crippen LogP contribution in [-0.2, 0) is 37.2 Å². The zero-order valence-electron chi connectivity index (χ0n) is 9.53. The SMILES string of the molecule is O=C(O)CNCCN(CC(=O)O)CC(=O)O.[Cr+2].[OH3+]. The van der Waals surface area contributed by atoms with Gasteiger partial charge < -0.3 is 26.1 Å². The molecule has 0 aliphatic carbocycles. The van der Waals surface area contributed by atoms with Crippen LogP contribution in [0, 0.1) is 0 Å². The molecule has 0 fully saturated rings. The van der Waals surface area contributed by atoms with Crippen LogP contribution in [0.5, 0.6) is 0 Å². The number of carbonyl (C=O) groups is 3. The molecule has 18 heavy (non-hydrogen) atoms. The molecule has 0 radical (unpaired) electrons. The van der Waals surface area contributed by atoms with Gasteiger partial charge in [0.25, 0.3) is 0 Å². The summed E-state index contributed by atoms with van der Waals surface area (Å²) in [5.41, 5.74) is 0. The summed E-state index contributed by atoms with van der Waals surface area (Å²) in [6.07, 6.45) is 0. The quantitative estimate of drug-likeness (QED) is 0.262. The normalized spacial score (nSPS) is 9.17. The minimum absolute atomic E-state index is 0. The molecule has 10 heteroatoms. The van der Waals surface area contributed by atoms with E-state index in [9.17, 15) is 14.4 Å². The standard InChI is InChI=1S/C8H14N2O6.Cr.H2O/c11-6(12)3-9-1-2-10(4-7(13)14)5-8(15)16;;/h9H,1-5H2,(H,11,12)(H,13,14)(H,15,16);;1H2/q;+2;/p+1.